The van der Waals surface area contributed by atoms with E-state index < -0.39 is 38.8 Å². The number of Topliss-reactive ketones (excluding diaryl/α,β-unsaturated/α-hetero) is 1. The second-order valence-corrected chi connectivity index (χ2v) is 8.00. The van der Waals surface area contributed by atoms with Crippen molar-refractivity contribution in [3.05, 3.63) is 29.8 Å². The summed E-state index contributed by atoms with van der Waals surface area (Å²) in [5, 5.41) is 7.25. The summed E-state index contributed by atoms with van der Waals surface area (Å²) >= 11 is 0. The second-order valence-electron chi connectivity index (χ2n) is 5.83. The van der Waals surface area contributed by atoms with Crippen molar-refractivity contribution in [1.82, 2.24) is 4.90 Å². The molecule has 1 amide bonds. The van der Waals surface area contributed by atoms with Crippen LogP contribution in [0.25, 0.3) is 0 Å². The number of sulfone groups is 1. The maximum atomic E-state index is 12.3. The molecule has 25 heavy (non-hydrogen) atoms. The lowest BCUT2D eigenvalue weighted by atomic mass is 10.0. The van der Waals surface area contributed by atoms with Crippen molar-refractivity contribution in [3.8, 4) is 5.75 Å². The maximum Gasteiger partial charge on any atom is 0.303 e. The van der Waals surface area contributed by atoms with Gasteiger partial charge in [-0.05, 0) is 24.1 Å². The molecule has 1 N–H and O–H groups in total. The molecule has 1 aliphatic heterocycles. The van der Waals surface area contributed by atoms with E-state index in [0.29, 0.717) is 11.3 Å². The number of amides is 1. The number of methoxy groups -OCH3 is 1. The van der Waals surface area contributed by atoms with Crippen LogP contribution in [0, 0.1) is 0 Å². The molecule has 0 unspecified atom stereocenters. The fourth-order valence-electron chi connectivity index (χ4n) is 2.92. The van der Waals surface area contributed by atoms with Crippen molar-refractivity contribution in [2.75, 3.05) is 19.9 Å². The molecule has 0 aromatic heterocycles. The second kappa shape index (κ2) is 7.22. The zero-order valence-corrected chi connectivity index (χ0v) is 14.7. The topological polar surface area (TPSA) is 118 Å². The van der Waals surface area contributed by atoms with Gasteiger partial charge in [-0.1, -0.05) is 12.1 Å². The fraction of sp³-hybridized carbons (Fsp3) is 0.438. The molecule has 9 heteroatoms. The predicted molar refractivity (Wildman–Crippen MR) is 88.0 cm³/mol. The van der Waals surface area contributed by atoms with E-state index in [1.807, 2.05) is 0 Å². The van der Waals surface area contributed by atoms with E-state index in [1.54, 1.807) is 24.3 Å². The summed E-state index contributed by atoms with van der Waals surface area (Å²) < 4.78 is 29.3. The number of carbonyl (C=O) groups is 3. The summed E-state index contributed by atoms with van der Waals surface area (Å²) in [4.78, 5) is 36.4. The Hall–Kier alpha value is -2.42. The molecule has 1 aromatic rings. The van der Waals surface area contributed by atoms with E-state index in [2.05, 4.69) is 0 Å². The van der Waals surface area contributed by atoms with Gasteiger partial charge in [0.05, 0.1) is 13.2 Å². The Morgan fingerprint density at radius 1 is 1.24 bits per heavy atom. The molecule has 0 saturated carbocycles. The molecule has 1 aromatic carbocycles. The van der Waals surface area contributed by atoms with Crippen molar-refractivity contribution in [2.45, 2.75) is 24.1 Å². The zero-order chi connectivity index (χ0) is 18.8. The highest BCUT2D eigenvalue weighted by molar-refractivity contribution is 7.92. The number of carbonyl (C=O) groups excluding carboxylic acids is 2. The van der Waals surface area contributed by atoms with Crippen LogP contribution in [0.5, 0.6) is 5.75 Å². The van der Waals surface area contributed by atoms with E-state index >= 15 is 0 Å². The van der Waals surface area contributed by atoms with E-state index in [0.717, 1.165) is 11.2 Å². The number of hydrogen-bond donors (Lipinski definition) is 1. The van der Waals surface area contributed by atoms with E-state index in [1.165, 1.54) is 7.11 Å². The van der Waals surface area contributed by atoms with Crippen LogP contribution in [0.2, 0.25) is 0 Å². The largest absolute Gasteiger partial charge is 0.497 e. The number of likely N-dealkylation sites (tertiary alicyclic amines) is 1. The van der Waals surface area contributed by atoms with Crippen molar-refractivity contribution in [2.24, 2.45) is 0 Å². The number of benzene rings is 1. The lowest BCUT2D eigenvalue weighted by Gasteiger charge is -2.27. The number of hydrogen-bond acceptors (Lipinski definition) is 6. The van der Waals surface area contributed by atoms with Gasteiger partial charge in [0.25, 0.3) is 5.91 Å². The van der Waals surface area contributed by atoms with Gasteiger partial charge in [0.1, 0.15) is 5.75 Å². The Balaban J connectivity index is 2.42. The summed E-state index contributed by atoms with van der Waals surface area (Å²) in [5.41, 5.74) is 0.478. The third-order valence-electron chi connectivity index (χ3n) is 4.06. The number of aliphatic carboxylic acids is 1. The minimum Gasteiger partial charge on any atom is -0.497 e. The highest BCUT2D eigenvalue weighted by Crippen LogP contribution is 2.36. The van der Waals surface area contributed by atoms with Crippen LogP contribution >= 0.6 is 0 Å². The molecular formula is C16H19NO7S. The van der Waals surface area contributed by atoms with Gasteiger partial charge in [-0.3, -0.25) is 14.4 Å². The molecule has 1 fully saturated rings. The quantitative estimate of drug-likeness (QED) is 0.692. The van der Waals surface area contributed by atoms with Gasteiger partial charge in [0.2, 0.25) is 5.78 Å². The van der Waals surface area contributed by atoms with Gasteiger partial charge in [-0.25, -0.2) is 8.42 Å². The Labute approximate surface area is 145 Å². The van der Waals surface area contributed by atoms with Crippen LogP contribution < -0.4 is 4.74 Å². The van der Waals surface area contributed by atoms with Crippen LogP contribution in [-0.4, -0.2) is 61.2 Å². The molecule has 0 spiro atoms. The van der Waals surface area contributed by atoms with E-state index in [9.17, 15) is 22.8 Å². The molecule has 0 radical (unpaired) electrons. The minimum absolute atomic E-state index is 0.0143. The number of nitrogens with zero attached hydrogens (tertiary/aromatic N) is 1. The highest BCUT2D eigenvalue weighted by Gasteiger charge is 2.52. The monoisotopic (exact) mass is 369 g/mol. The normalized spacial score (nSPS) is 20.8. The first kappa shape index (κ1) is 18.9. The van der Waals surface area contributed by atoms with Gasteiger partial charge < -0.3 is 14.7 Å². The number of carboxylic acids is 1. The van der Waals surface area contributed by atoms with Crippen molar-refractivity contribution >= 4 is 27.5 Å². The number of rotatable bonds is 7. The van der Waals surface area contributed by atoms with Gasteiger partial charge in [0.15, 0.2) is 15.1 Å². The molecule has 8 nitrogen and oxygen atoms in total. The van der Waals surface area contributed by atoms with Crippen molar-refractivity contribution in [1.29, 1.82) is 0 Å². The SMILES string of the molecule is COc1ccc([C@H]2[C@H](S(C)(=O)=O)C(=O)C(=O)N2CCCC(=O)O)cc1. The lowest BCUT2D eigenvalue weighted by Crippen LogP contribution is -2.34. The standard InChI is InChI=1S/C16H19NO7S/c1-24-11-7-5-10(6-8-11)13-15(25(2,22)23)14(20)16(21)17(13)9-3-4-12(18)19/h5-8,13,15H,3-4,9H2,1-2H3,(H,18,19)/t13-,15-/m0/s1. The fourth-order valence-corrected chi connectivity index (χ4v) is 4.18. The molecule has 2 rings (SSSR count). The average Bonchev–Trinajstić information content (AvgIpc) is 2.79. The number of ether oxygens (including phenoxy) is 1. The van der Waals surface area contributed by atoms with Crippen molar-refractivity contribution in [3.63, 3.8) is 0 Å². The van der Waals surface area contributed by atoms with E-state index in [-0.39, 0.29) is 19.4 Å². The first-order valence-corrected chi connectivity index (χ1v) is 9.51. The van der Waals surface area contributed by atoms with Gasteiger partial charge >= 0.3 is 5.97 Å². The molecule has 2 atom stereocenters. The predicted octanol–water partition coefficient (Wildman–Crippen LogP) is 0.426. The molecule has 1 aliphatic rings. The van der Waals surface area contributed by atoms with Gasteiger partial charge in [-0.2, -0.15) is 0 Å². The molecule has 1 saturated heterocycles. The number of ketones is 1. The van der Waals surface area contributed by atoms with E-state index in [4.69, 9.17) is 9.84 Å². The molecule has 1 heterocycles. The summed E-state index contributed by atoms with van der Waals surface area (Å²) in [5.74, 6) is -2.37. The molecule has 0 aliphatic carbocycles. The van der Waals surface area contributed by atoms with Crippen LogP contribution in [0.3, 0.4) is 0 Å². The Kier molecular flexibility index (Phi) is 5.46. The summed E-state index contributed by atoms with van der Waals surface area (Å²) in [6.07, 6.45) is 0.856. The lowest BCUT2D eigenvalue weighted by molar-refractivity contribution is -0.141. The zero-order valence-electron chi connectivity index (χ0n) is 13.8. The highest BCUT2D eigenvalue weighted by atomic mass is 32.2. The van der Waals surface area contributed by atoms with Crippen LogP contribution in [0.1, 0.15) is 24.4 Å². The maximum absolute atomic E-state index is 12.3. The summed E-state index contributed by atoms with van der Waals surface area (Å²) in [7, 11) is -2.35. The third kappa shape index (κ3) is 3.98. The summed E-state index contributed by atoms with van der Waals surface area (Å²) in [6.45, 7) is -0.0143. The average molecular weight is 369 g/mol. The smallest absolute Gasteiger partial charge is 0.303 e. The van der Waals surface area contributed by atoms with Crippen LogP contribution in [0.4, 0.5) is 0 Å². The Morgan fingerprint density at radius 3 is 2.32 bits per heavy atom. The van der Waals surface area contributed by atoms with Gasteiger partial charge in [0, 0.05) is 19.2 Å². The minimum atomic E-state index is -3.83. The number of carboxylic acid groups (broad SMARTS) is 1. The van der Waals surface area contributed by atoms with Crippen LogP contribution in [-0.2, 0) is 24.2 Å². The Morgan fingerprint density at radius 2 is 1.84 bits per heavy atom. The first-order valence-electron chi connectivity index (χ1n) is 7.56. The first-order chi connectivity index (χ1) is 11.7. The third-order valence-corrected chi connectivity index (χ3v) is 5.46. The van der Waals surface area contributed by atoms with Gasteiger partial charge in [-0.15, -0.1) is 0 Å². The van der Waals surface area contributed by atoms with Crippen molar-refractivity contribution < 1.29 is 32.6 Å². The summed E-state index contributed by atoms with van der Waals surface area (Å²) in [6, 6.07) is 5.43. The van der Waals surface area contributed by atoms with Crippen LogP contribution in [0.15, 0.2) is 24.3 Å². The molecule has 0 bridgehead atoms. The molecule has 136 valence electrons. The Bertz CT molecular complexity index is 785. The molecular weight excluding hydrogens is 350 g/mol.